The zero-order chi connectivity index (χ0) is 12.7. The summed E-state index contributed by atoms with van der Waals surface area (Å²) in [6.07, 6.45) is 3.96. The number of aromatic nitrogens is 2. The highest BCUT2D eigenvalue weighted by Crippen LogP contribution is 2.30. The highest BCUT2D eigenvalue weighted by molar-refractivity contribution is 5.99. The predicted octanol–water partition coefficient (Wildman–Crippen LogP) is 1.12. The summed E-state index contributed by atoms with van der Waals surface area (Å²) in [7, 11) is 1.79. The van der Waals surface area contributed by atoms with Crippen LogP contribution in [0.2, 0.25) is 0 Å². The third-order valence-corrected chi connectivity index (χ3v) is 3.85. The van der Waals surface area contributed by atoms with Crippen molar-refractivity contribution >= 4 is 11.7 Å². The van der Waals surface area contributed by atoms with Crippen LogP contribution in [0.5, 0.6) is 0 Å². The molecule has 0 radical (unpaired) electrons. The molecule has 2 aliphatic rings. The summed E-state index contributed by atoms with van der Waals surface area (Å²) in [5.41, 5.74) is 1.93. The number of nitrogens with one attached hydrogen (secondary N) is 1. The molecule has 18 heavy (non-hydrogen) atoms. The molecule has 1 N–H and O–H groups in total. The minimum absolute atomic E-state index is 0.108. The number of aryl methyl sites for hydroxylation is 1. The minimum Gasteiger partial charge on any atom is -0.307 e. The smallest absolute Gasteiger partial charge is 0.232 e. The Morgan fingerprint density at radius 3 is 2.89 bits per heavy atom. The van der Waals surface area contributed by atoms with E-state index in [1.54, 1.807) is 11.9 Å². The van der Waals surface area contributed by atoms with Gasteiger partial charge in [-0.3, -0.25) is 9.69 Å². The van der Waals surface area contributed by atoms with E-state index in [1.165, 1.54) is 12.8 Å². The molecule has 1 unspecified atom stereocenters. The maximum atomic E-state index is 11.7. The van der Waals surface area contributed by atoms with Crippen molar-refractivity contribution in [1.29, 1.82) is 0 Å². The summed E-state index contributed by atoms with van der Waals surface area (Å²) in [5.74, 6) is 1.75. The summed E-state index contributed by atoms with van der Waals surface area (Å²) in [5, 5.41) is 3.45. The van der Waals surface area contributed by atoms with E-state index >= 15 is 0 Å². The number of carbonyl (C=O) groups is 1. The molecule has 1 aromatic rings. The molecule has 96 valence electrons. The van der Waals surface area contributed by atoms with Crippen molar-refractivity contribution in [2.24, 2.45) is 0 Å². The van der Waals surface area contributed by atoms with Gasteiger partial charge in [-0.05, 0) is 26.3 Å². The number of anilines is 1. The van der Waals surface area contributed by atoms with Gasteiger partial charge in [-0.25, -0.2) is 9.97 Å². The van der Waals surface area contributed by atoms with Gasteiger partial charge >= 0.3 is 0 Å². The third kappa shape index (κ3) is 1.79. The summed E-state index contributed by atoms with van der Waals surface area (Å²) in [6, 6.07) is 0.242. The largest absolute Gasteiger partial charge is 0.307 e. The van der Waals surface area contributed by atoms with Crippen molar-refractivity contribution < 1.29 is 4.79 Å². The molecule has 1 aromatic heterocycles. The Bertz CT molecular complexity index is 494. The lowest BCUT2D eigenvalue weighted by Crippen LogP contribution is -2.29. The van der Waals surface area contributed by atoms with E-state index < -0.39 is 0 Å². The zero-order valence-electron chi connectivity index (χ0n) is 10.9. The molecule has 0 bridgehead atoms. The molecule has 0 saturated carbocycles. The maximum absolute atomic E-state index is 11.7. The molecule has 0 aromatic carbocycles. The van der Waals surface area contributed by atoms with Gasteiger partial charge in [-0.2, -0.15) is 0 Å². The highest BCUT2D eigenvalue weighted by Gasteiger charge is 2.30. The van der Waals surface area contributed by atoms with Crippen LogP contribution in [0.1, 0.15) is 42.4 Å². The van der Waals surface area contributed by atoms with Gasteiger partial charge in [0.25, 0.3) is 0 Å². The molecule has 2 aliphatic heterocycles. The Morgan fingerprint density at radius 2 is 2.17 bits per heavy atom. The molecule has 0 aliphatic carbocycles. The standard InChI is InChI=1S/C13H18N4O/c1-8-9-7-11(18)17(2)13(9)16-12(15-8)10-5-3-4-6-14-10/h10,14H,3-7H2,1-2H3. The van der Waals surface area contributed by atoms with Gasteiger partial charge in [-0.15, -0.1) is 0 Å². The van der Waals surface area contributed by atoms with Crippen LogP contribution in [0.15, 0.2) is 0 Å². The number of rotatable bonds is 1. The summed E-state index contributed by atoms with van der Waals surface area (Å²) in [6.45, 7) is 3.00. The fraction of sp³-hybridized carbons (Fsp3) is 0.615. The molecular weight excluding hydrogens is 228 g/mol. The Balaban J connectivity index is 1.98. The first-order valence-corrected chi connectivity index (χ1v) is 6.54. The lowest BCUT2D eigenvalue weighted by atomic mass is 10.0. The topological polar surface area (TPSA) is 58.1 Å². The maximum Gasteiger partial charge on any atom is 0.232 e. The number of nitrogens with zero attached hydrogens (tertiary/aromatic N) is 3. The van der Waals surface area contributed by atoms with Crippen LogP contribution < -0.4 is 10.2 Å². The summed E-state index contributed by atoms with van der Waals surface area (Å²) >= 11 is 0. The van der Waals surface area contributed by atoms with Crippen LogP contribution in [-0.2, 0) is 11.2 Å². The van der Waals surface area contributed by atoms with Gasteiger partial charge in [0.05, 0.1) is 12.5 Å². The van der Waals surface area contributed by atoms with Crippen LogP contribution >= 0.6 is 0 Å². The lowest BCUT2D eigenvalue weighted by Gasteiger charge is -2.23. The molecule has 1 fully saturated rings. The van der Waals surface area contributed by atoms with Crippen LogP contribution in [-0.4, -0.2) is 29.5 Å². The average molecular weight is 246 g/mol. The van der Waals surface area contributed by atoms with Crippen LogP contribution in [0.4, 0.5) is 5.82 Å². The van der Waals surface area contributed by atoms with Crippen molar-refractivity contribution in [3.05, 3.63) is 17.1 Å². The quantitative estimate of drug-likeness (QED) is 0.806. The Morgan fingerprint density at radius 1 is 1.33 bits per heavy atom. The number of carbonyl (C=O) groups excluding carboxylic acids is 1. The van der Waals surface area contributed by atoms with Gasteiger partial charge in [0.1, 0.15) is 11.6 Å². The fourth-order valence-electron chi connectivity index (χ4n) is 2.70. The number of amides is 1. The van der Waals surface area contributed by atoms with Crippen molar-refractivity contribution in [3.8, 4) is 0 Å². The molecule has 5 heteroatoms. The third-order valence-electron chi connectivity index (χ3n) is 3.85. The molecule has 5 nitrogen and oxygen atoms in total. The number of piperidine rings is 1. The van der Waals surface area contributed by atoms with Crippen molar-refractivity contribution in [3.63, 3.8) is 0 Å². The highest BCUT2D eigenvalue weighted by atomic mass is 16.2. The Hall–Kier alpha value is -1.49. The Kier molecular flexibility index (Phi) is 2.78. The van der Waals surface area contributed by atoms with Crippen LogP contribution in [0.3, 0.4) is 0 Å². The SMILES string of the molecule is Cc1nc(C2CCCCN2)nc2c1CC(=O)N2C. The van der Waals surface area contributed by atoms with Crippen molar-refractivity contribution in [2.75, 3.05) is 18.5 Å². The second-order valence-corrected chi connectivity index (χ2v) is 5.10. The predicted molar refractivity (Wildman–Crippen MR) is 68.5 cm³/mol. The van der Waals surface area contributed by atoms with Gasteiger partial charge in [0.15, 0.2) is 0 Å². The van der Waals surface area contributed by atoms with Gasteiger partial charge in [0, 0.05) is 18.3 Å². The van der Waals surface area contributed by atoms with E-state index in [4.69, 9.17) is 0 Å². The number of fused-ring (bicyclic) bond motifs is 1. The first-order valence-electron chi connectivity index (χ1n) is 6.54. The summed E-state index contributed by atoms with van der Waals surface area (Å²) in [4.78, 5) is 22.5. The fourth-order valence-corrected chi connectivity index (χ4v) is 2.70. The molecule has 1 saturated heterocycles. The first-order chi connectivity index (χ1) is 8.66. The molecule has 1 amide bonds. The monoisotopic (exact) mass is 246 g/mol. The molecule has 1 atom stereocenters. The first kappa shape index (κ1) is 11.6. The lowest BCUT2D eigenvalue weighted by molar-refractivity contribution is -0.117. The molecular formula is C13H18N4O. The van der Waals surface area contributed by atoms with Crippen LogP contribution in [0.25, 0.3) is 0 Å². The number of hydrogen-bond donors (Lipinski definition) is 1. The van der Waals surface area contributed by atoms with Crippen molar-refractivity contribution in [2.45, 2.75) is 38.6 Å². The molecule has 0 spiro atoms. The van der Waals surface area contributed by atoms with Gasteiger partial charge < -0.3 is 5.32 Å². The van der Waals surface area contributed by atoms with Gasteiger partial charge in [0.2, 0.25) is 5.91 Å². The number of likely N-dealkylation sites (N-methyl/N-ethyl adjacent to an activating group) is 1. The second kappa shape index (κ2) is 4.31. The Labute approximate surface area is 107 Å². The van der Waals surface area contributed by atoms with E-state index in [1.807, 2.05) is 6.92 Å². The molecule has 3 rings (SSSR count). The van der Waals surface area contributed by atoms with E-state index in [0.29, 0.717) is 6.42 Å². The van der Waals surface area contributed by atoms with E-state index in [9.17, 15) is 4.79 Å². The second-order valence-electron chi connectivity index (χ2n) is 5.10. The van der Waals surface area contributed by atoms with Crippen molar-refractivity contribution in [1.82, 2.24) is 15.3 Å². The average Bonchev–Trinajstić information content (AvgIpc) is 2.68. The van der Waals surface area contributed by atoms with Crippen LogP contribution in [0, 0.1) is 6.92 Å². The van der Waals surface area contributed by atoms with E-state index in [-0.39, 0.29) is 11.9 Å². The van der Waals surface area contributed by atoms with E-state index in [0.717, 1.165) is 35.9 Å². The minimum atomic E-state index is 0.108. The van der Waals surface area contributed by atoms with E-state index in [2.05, 4.69) is 15.3 Å². The molecule has 3 heterocycles. The zero-order valence-corrected chi connectivity index (χ0v) is 10.9. The van der Waals surface area contributed by atoms with Gasteiger partial charge in [-0.1, -0.05) is 6.42 Å². The normalized spacial score (nSPS) is 23.3. The number of hydrogen-bond acceptors (Lipinski definition) is 4. The summed E-state index contributed by atoms with van der Waals surface area (Å²) < 4.78 is 0.